The molecule has 0 bridgehead atoms. The number of benzene rings is 1. The molecule has 1 aromatic carbocycles. The fourth-order valence-corrected chi connectivity index (χ4v) is 3.65. The summed E-state index contributed by atoms with van der Waals surface area (Å²) in [5.41, 5.74) is 3.17. The fraction of sp³-hybridized carbons (Fsp3) is 0.118. The highest BCUT2D eigenvalue weighted by Crippen LogP contribution is 2.30. The van der Waals surface area contributed by atoms with Crippen LogP contribution in [0.15, 0.2) is 58.4 Å². The van der Waals surface area contributed by atoms with Gasteiger partial charge in [-0.15, -0.1) is 11.8 Å². The molecule has 6 heteroatoms. The Morgan fingerprint density at radius 1 is 1.22 bits per heavy atom. The van der Waals surface area contributed by atoms with Gasteiger partial charge in [0.05, 0.1) is 17.6 Å². The maximum atomic E-state index is 12.3. The minimum atomic E-state index is -0.249. The molecular weight excluding hydrogens is 326 g/mol. The summed E-state index contributed by atoms with van der Waals surface area (Å²) >= 11 is 3.39. The second-order valence-electron chi connectivity index (χ2n) is 4.91. The number of hydrogen-bond donors (Lipinski definition) is 1. The molecule has 0 unspecified atom stereocenters. The van der Waals surface area contributed by atoms with Crippen molar-refractivity contribution in [3.8, 4) is 0 Å². The van der Waals surface area contributed by atoms with Gasteiger partial charge in [-0.1, -0.05) is 12.1 Å². The lowest BCUT2D eigenvalue weighted by Crippen LogP contribution is -2.14. The summed E-state index contributed by atoms with van der Waals surface area (Å²) in [4.78, 5) is 21.5. The normalized spacial score (nSPS) is 10.5. The number of anilines is 1. The Labute approximate surface area is 143 Å². The summed E-state index contributed by atoms with van der Waals surface area (Å²) in [5.74, 6) is 0.627. The van der Waals surface area contributed by atoms with Crippen molar-refractivity contribution >= 4 is 34.7 Å². The van der Waals surface area contributed by atoms with Gasteiger partial charge in [0, 0.05) is 16.8 Å². The summed E-state index contributed by atoms with van der Waals surface area (Å²) in [6.45, 7) is 1.84. The zero-order chi connectivity index (χ0) is 16.1. The first kappa shape index (κ1) is 15.7. The monoisotopic (exact) mass is 341 g/mol. The number of nitrogens with one attached hydrogen (secondary N) is 1. The van der Waals surface area contributed by atoms with Gasteiger partial charge in [0.15, 0.2) is 0 Å². The van der Waals surface area contributed by atoms with Crippen molar-refractivity contribution < 1.29 is 4.79 Å². The maximum absolute atomic E-state index is 12.3. The molecule has 0 atom stereocenters. The SMILES string of the molecule is Cc1cnc(C(=O)Nc2ccccc2SCc2ccsc2)cn1. The van der Waals surface area contributed by atoms with Gasteiger partial charge in [-0.3, -0.25) is 9.78 Å². The first-order chi connectivity index (χ1) is 11.2. The van der Waals surface area contributed by atoms with Crippen LogP contribution in [0.5, 0.6) is 0 Å². The van der Waals surface area contributed by atoms with E-state index in [-0.39, 0.29) is 5.91 Å². The third-order valence-electron chi connectivity index (χ3n) is 3.12. The number of carbonyl (C=O) groups excluding carboxylic acids is 1. The highest BCUT2D eigenvalue weighted by Gasteiger charge is 2.11. The van der Waals surface area contributed by atoms with E-state index in [0.717, 1.165) is 22.0 Å². The average molecular weight is 341 g/mol. The lowest BCUT2D eigenvalue weighted by Gasteiger charge is -2.10. The van der Waals surface area contributed by atoms with E-state index in [1.54, 1.807) is 29.3 Å². The third kappa shape index (κ3) is 4.18. The van der Waals surface area contributed by atoms with Gasteiger partial charge in [-0.25, -0.2) is 4.98 Å². The Morgan fingerprint density at radius 2 is 2.09 bits per heavy atom. The van der Waals surface area contributed by atoms with E-state index in [1.807, 2.05) is 31.2 Å². The summed E-state index contributed by atoms with van der Waals surface area (Å²) in [5, 5.41) is 7.12. The van der Waals surface area contributed by atoms with Crippen LogP contribution in [0.1, 0.15) is 21.7 Å². The largest absolute Gasteiger partial charge is 0.320 e. The molecule has 0 saturated carbocycles. The van der Waals surface area contributed by atoms with E-state index >= 15 is 0 Å². The van der Waals surface area contributed by atoms with Gasteiger partial charge in [0.25, 0.3) is 5.91 Å². The number of thioether (sulfide) groups is 1. The van der Waals surface area contributed by atoms with Crippen LogP contribution in [0.25, 0.3) is 0 Å². The number of carbonyl (C=O) groups is 1. The van der Waals surface area contributed by atoms with Crippen LogP contribution in [0, 0.1) is 6.92 Å². The van der Waals surface area contributed by atoms with Crippen LogP contribution in [0.4, 0.5) is 5.69 Å². The average Bonchev–Trinajstić information content (AvgIpc) is 3.08. The van der Waals surface area contributed by atoms with E-state index in [9.17, 15) is 4.79 Å². The molecule has 0 aliphatic heterocycles. The summed E-state index contributed by atoms with van der Waals surface area (Å²) in [6.07, 6.45) is 3.08. The first-order valence-corrected chi connectivity index (χ1v) is 8.98. The van der Waals surface area contributed by atoms with Crippen molar-refractivity contribution in [3.63, 3.8) is 0 Å². The standard InChI is InChI=1S/C17H15N3OS2/c1-12-8-19-15(9-18-12)17(21)20-14-4-2-3-5-16(14)23-11-13-6-7-22-10-13/h2-10H,11H2,1H3,(H,20,21). The van der Waals surface area contributed by atoms with Gasteiger partial charge in [0.1, 0.15) is 5.69 Å². The summed E-state index contributed by atoms with van der Waals surface area (Å²) < 4.78 is 0. The van der Waals surface area contributed by atoms with Crippen LogP contribution in [-0.4, -0.2) is 15.9 Å². The molecule has 0 spiro atoms. The zero-order valence-corrected chi connectivity index (χ0v) is 14.2. The Hall–Kier alpha value is -2.18. The van der Waals surface area contributed by atoms with Crippen LogP contribution >= 0.6 is 23.1 Å². The van der Waals surface area contributed by atoms with Crippen molar-refractivity contribution in [1.29, 1.82) is 0 Å². The summed E-state index contributed by atoms with van der Waals surface area (Å²) in [6, 6.07) is 9.89. The second-order valence-corrected chi connectivity index (χ2v) is 6.71. The van der Waals surface area contributed by atoms with Gasteiger partial charge in [-0.05, 0) is 41.4 Å². The molecule has 0 aliphatic carbocycles. The molecule has 3 aromatic rings. The van der Waals surface area contributed by atoms with Crippen LogP contribution < -0.4 is 5.32 Å². The van der Waals surface area contributed by atoms with Crippen molar-refractivity contribution in [3.05, 3.63) is 70.4 Å². The van der Waals surface area contributed by atoms with E-state index in [0.29, 0.717) is 5.69 Å². The smallest absolute Gasteiger partial charge is 0.275 e. The van der Waals surface area contributed by atoms with E-state index in [1.165, 1.54) is 11.8 Å². The quantitative estimate of drug-likeness (QED) is 0.699. The van der Waals surface area contributed by atoms with Crippen molar-refractivity contribution in [2.24, 2.45) is 0 Å². The molecule has 3 rings (SSSR count). The summed E-state index contributed by atoms with van der Waals surface area (Å²) in [7, 11) is 0. The Balaban J connectivity index is 1.72. The predicted octanol–water partition coefficient (Wildman–Crippen LogP) is 4.39. The highest BCUT2D eigenvalue weighted by molar-refractivity contribution is 7.98. The molecule has 4 nitrogen and oxygen atoms in total. The Morgan fingerprint density at radius 3 is 2.83 bits per heavy atom. The van der Waals surface area contributed by atoms with Crippen LogP contribution in [0.3, 0.4) is 0 Å². The van der Waals surface area contributed by atoms with Crippen molar-refractivity contribution in [1.82, 2.24) is 9.97 Å². The molecule has 23 heavy (non-hydrogen) atoms. The van der Waals surface area contributed by atoms with Crippen LogP contribution in [0.2, 0.25) is 0 Å². The van der Waals surface area contributed by atoms with Gasteiger partial charge >= 0.3 is 0 Å². The number of hydrogen-bond acceptors (Lipinski definition) is 5. The van der Waals surface area contributed by atoms with Crippen molar-refractivity contribution in [2.45, 2.75) is 17.6 Å². The van der Waals surface area contributed by atoms with Gasteiger partial charge < -0.3 is 5.32 Å². The molecule has 1 amide bonds. The van der Waals surface area contributed by atoms with Gasteiger partial charge in [0.2, 0.25) is 0 Å². The number of thiophene rings is 1. The molecule has 0 fully saturated rings. The number of aromatic nitrogens is 2. The number of nitrogens with zero attached hydrogens (tertiary/aromatic N) is 2. The molecule has 2 aromatic heterocycles. The molecule has 1 N–H and O–H groups in total. The predicted molar refractivity (Wildman–Crippen MR) is 95.0 cm³/mol. The van der Waals surface area contributed by atoms with E-state index in [4.69, 9.17) is 0 Å². The topological polar surface area (TPSA) is 54.9 Å². The molecule has 0 aliphatic rings. The van der Waals surface area contributed by atoms with Gasteiger partial charge in [-0.2, -0.15) is 11.3 Å². The van der Waals surface area contributed by atoms with E-state index < -0.39 is 0 Å². The van der Waals surface area contributed by atoms with Crippen LogP contribution in [-0.2, 0) is 5.75 Å². The molecule has 0 radical (unpaired) electrons. The lowest BCUT2D eigenvalue weighted by molar-refractivity contribution is 0.102. The highest BCUT2D eigenvalue weighted by atomic mass is 32.2. The third-order valence-corrected chi connectivity index (χ3v) is 5.00. The maximum Gasteiger partial charge on any atom is 0.275 e. The Kier molecular flexibility index (Phi) is 5.05. The number of rotatable bonds is 5. The molecule has 0 saturated heterocycles. The molecular formula is C17H15N3OS2. The zero-order valence-electron chi connectivity index (χ0n) is 12.5. The first-order valence-electron chi connectivity index (χ1n) is 7.05. The number of amides is 1. The fourth-order valence-electron chi connectivity index (χ4n) is 1.93. The van der Waals surface area contributed by atoms with E-state index in [2.05, 4.69) is 32.1 Å². The number of para-hydroxylation sites is 1. The lowest BCUT2D eigenvalue weighted by atomic mass is 10.3. The minimum Gasteiger partial charge on any atom is -0.320 e. The molecule has 2 heterocycles. The number of aryl methyl sites for hydroxylation is 1. The van der Waals surface area contributed by atoms with Crippen molar-refractivity contribution in [2.75, 3.05) is 5.32 Å². The Bertz CT molecular complexity index is 786. The molecule has 116 valence electrons. The minimum absolute atomic E-state index is 0.249. The second kappa shape index (κ2) is 7.39.